The Labute approximate surface area is 125 Å². The third kappa shape index (κ3) is 6.53. The van der Waals surface area contributed by atoms with E-state index in [9.17, 15) is 8.42 Å². The fourth-order valence-electron chi connectivity index (χ4n) is 1.59. The van der Waals surface area contributed by atoms with Crippen LogP contribution in [0.1, 0.15) is 16.7 Å². The van der Waals surface area contributed by atoms with Crippen molar-refractivity contribution in [1.29, 1.82) is 0 Å². The summed E-state index contributed by atoms with van der Waals surface area (Å²) in [5, 5.41) is 8.59. The molecule has 0 aromatic heterocycles. The summed E-state index contributed by atoms with van der Waals surface area (Å²) < 4.78 is 29.6. The number of hydrogen-bond donors (Lipinski definition) is 2. The third-order valence-electron chi connectivity index (χ3n) is 2.84. The van der Waals surface area contributed by atoms with Gasteiger partial charge in [0.2, 0.25) is 0 Å². The Bertz CT molecular complexity index is 644. The molecule has 0 bridgehead atoms. The van der Waals surface area contributed by atoms with Gasteiger partial charge in [0.05, 0.1) is 4.90 Å². The molecule has 0 unspecified atom stereocenters. The Morgan fingerprint density at radius 3 is 1.67 bits per heavy atom. The lowest BCUT2D eigenvalue weighted by Crippen LogP contribution is -1.96. The maximum absolute atomic E-state index is 10.5. The first kappa shape index (κ1) is 17.4. The van der Waals surface area contributed by atoms with E-state index >= 15 is 0 Å². The zero-order chi connectivity index (χ0) is 15.9. The normalized spacial score (nSPS) is 10.7. The Hall–Kier alpha value is -1.69. The molecule has 0 fully saturated rings. The average Bonchev–Trinajstić information content (AvgIpc) is 2.42. The zero-order valence-corrected chi connectivity index (χ0v) is 13.0. The highest BCUT2D eigenvalue weighted by Gasteiger charge is 2.06. The Morgan fingerprint density at radius 2 is 1.29 bits per heavy atom. The quantitative estimate of drug-likeness (QED) is 0.855. The largest absolute Gasteiger partial charge is 0.396 e. The van der Waals surface area contributed by atoms with E-state index < -0.39 is 10.1 Å². The van der Waals surface area contributed by atoms with Crippen LogP contribution >= 0.6 is 0 Å². The molecular weight excluding hydrogens is 288 g/mol. The zero-order valence-electron chi connectivity index (χ0n) is 12.2. The first-order valence-electron chi connectivity index (χ1n) is 6.53. The van der Waals surface area contributed by atoms with E-state index in [0.29, 0.717) is 0 Å². The molecule has 0 radical (unpaired) electrons. The number of aliphatic hydroxyl groups is 1. The van der Waals surface area contributed by atoms with Crippen LogP contribution in [0.15, 0.2) is 53.4 Å². The summed E-state index contributed by atoms with van der Waals surface area (Å²) in [5.41, 5.74) is 3.42. The highest BCUT2D eigenvalue weighted by Crippen LogP contribution is 2.08. The van der Waals surface area contributed by atoms with Crippen LogP contribution in [-0.4, -0.2) is 24.7 Å². The monoisotopic (exact) mass is 308 g/mol. The molecule has 114 valence electrons. The van der Waals surface area contributed by atoms with Crippen LogP contribution in [0, 0.1) is 13.8 Å². The second-order valence-corrected chi connectivity index (χ2v) is 6.17. The minimum absolute atomic E-state index is 0.0666. The summed E-state index contributed by atoms with van der Waals surface area (Å²) in [6.45, 7) is 4.14. The second kappa shape index (κ2) is 7.93. The molecule has 0 amide bonds. The molecular formula is C16H20O4S. The summed E-state index contributed by atoms with van der Waals surface area (Å²) in [5.74, 6) is 0. The molecule has 2 aromatic carbocycles. The van der Waals surface area contributed by atoms with Gasteiger partial charge in [0.1, 0.15) is 0 Å². The Morgan fingerprint density at radius 1 is 0.857 bits per heavy atom. The standard InChI is InChI=1S/C9H12O.C7H8O3S/c1-8-2-4-9(5-3-8)6-7-10;1-6-2-4-7(5-3-6)11(8,9)10/h2-5,10H,6-7H2,1H3;2-5H,1H3,(H,8,9,10). The lowest BCUT2D eigenvalue weighted by Gasteiger charge is -1.96. The van der Waals surface area contributed by atoms with Crippen molar-refractivity contribution in [2.24, 2.45) is 0 Å². The third-order valence-corrected chi connectivity index (χ3v) is 3.71. The summed E-state index contributed by atoms with van der Waals surface area (Å²) >= 11 is 0. The lowest BCUT2D eigenvalue weighted by atomic mass is 10.1. The van der Waals surface area contributed by atoms with Crippen LogP contribution in [0.5, 0.6) is 0 Å². The topological polar surface area (TPSA) is 74.6 Å². The van der Waals surface area contributed by atoms with Crippen molar-refractivity contribution in [3.63, 3.8) is 0 Å². The van der Waals surface area contributed by atoms with Gasteiger partial charge in [-0.05, 0) is 38.0 Å². The maximum Gasteiger partial charge on any atom is 0.294 e. The highest BCUT2D eigenvalue weighted by atomic mass is 32.2. The van der Waals surface area contributed by atoms with E-state index in [1.807, 2.05) is 19.1 Å². The smallest absolute Gasteiger partial charge is 0.294 e. The van der Waals surface area contributed by atoms with Crippen molar-refractivity contribution >= 4 is 10.1 Å². The molecule has 5 heteroatoms. The molecule has 2 N–H and O–H groups in total. The van der Waals surface area contributed by atoms with Crippen molar-refractivity contribution < 1.29 is 18.1 Å². The van der Waals surface area contributed by atoms with Gasteiger partial charge in [-0.3, -0.25) is 4.55 Å². The Balaban J connectivity index is 0.000000211. The van der Waals surface area contributed by atoms with E-state index in [0.717, 1.165) is 12.0 Å². The van der Waals surface area contributed by atoms with Gasteiger partial charge in [0, 0.05) is 6.61 Å². The summed E-state index contributed by atoms with van der Waals surface area (Å²) in [4.78, 5) is -0.0666. The molecule has 0 aliphatic carbocycles. The van der Waals surface area contributed by atoms with Crippen molar-refractivity contribution in [3.05, 3.63) is 65.2 Å². The van der Waals surface area contributed by atoms with Gasteiger partial charge in [-0.25, -0.2) is 0 Å². The van der Waals surface area contributed by atoms with Crippen LogP contribution in [0.4, 0.5) is 0 Å². The fraction of sp³-hybridized carbons (Fsp3) is 0.250. The predicted molar refractivity (Wildman–Crippen MR) is 83.0 cm³/mol. The van der Waals surface area contributed by atoms with Crippen molar-refractivity contribution in [1.82, 2.24) is 0 Å². The molecule has 2 rings (SSSR count). The summed E-state index contributed by atoms with van der Waals surface area (Å²) in [7, 11) is -4.02. The molecule has 0 aliphatic rings. The lowest BCUT2D eigenvalue weighted by molar-refractivity contribution is 0.299. The van der Waals surface area contributed by atoms with Crippen LogP contribution < -0.4 is 0 Å². The van der Waals surface area contributed by atoms with Crippen LogP contribution in [0.2, 0.25) is 0 Å². The van der Waals surface area contributed by atoms with E-state index in [1.165, 1.54) is 23.3 Å². The van der Waals surface area contributed by atoms with E-state index in [-0.39, 0.29) is 11.5 Å². The molecule has 0 saturated heterocycles. The number of benzene rings is 2. The molecule has 0 aliphatic heterocycles. The van der Waals surface area contributed by atoms with Gasteiger partial charge in [-0.2, -0.15) is 8.42 Å². The van der Waals surface area contributed by atoms with Gasteiger partial charge in [-0.1, -0.05) is 47.5 Å². The van der Waals surface area contributed by atoms with Gasteiger partial charge in [0.15, 0.2) is 0 Å². The summed E-state index contributed by atoms with van der Waals surface area (Å²) in [6, 6.07) is 14.2. The second-order valence-electron chi connectivity index (χ2n) is 4.75. The molecule has 21 heavy (non-hydrogen) atoms. The van der Waals surface area contributed by atoms with Gasteiger partial charge in [0.25, 0.3) is 10.1 Å². The molecule has 0 spiro atoms. The molecule has 0 saturated carbocycles. The molecule has 4 nitrogen and oxygen atoms in total. The van der Waals surface area contributed by atoms with E-state index in [4.69, 9.17) is 9.66 Å². The molecule has 0 heterocycles. The van der Waals surface area contributed by atoms with Crippen molar-refractivity contribution in [2.45, 2.75) is 25.2 Å². The molecule has 2 aromatic rings. The number of rotatable bonds is 3. The number of aryl methyl sites for hydroxylation is 2. The van der Waals surface area contributed by atoms with E-state index in [2.05, 4.69) is 19.1 Å². The first-order valence-corrected chi connectivity index (χ1v) is 7.97. The van der Waals surface area contributed by atoms with Gasteiger partial charge in [-0.15, -0.1) is 0 Å². The minimum Gasteiger partial charge on any atom is -0.396 e. The highest BCUT2D eigenvalue weighted by molar-refractivity contribution is 7.85. The van der Waals surface area contributed by atoms with Crippen LogP contribution in [0.3, 0.4) is 0 Å². The maximum atomic E-state index is 10.5. The van der Waals surface area contributed by atoms with Gasteiger partial charge >= 0.3 is 0 Å². The van der Waals surface area contributed by atoms with Crippen LogP contribution in [0.25, 0.3) is 0 Å². The van der Waals surface area contributed by atoms with Gasteiger partial charge < -0.3 is 5.11 Å². The SMILES string of the molecule is Cc1ccc(CCO)cc1.Cc1ccc(S(=O)(=O)O)cc1. The van der Waals surface area contributed by atoms with Crippen molar-refractivity contribution in [2.75, 3.05) is 6.61 Å². The average molecular weight is 308 g/mol. The predicted octanol–water partition coefficient (Wildman–Crippen LogP) is 2.77. The molecule has 0 atom stereocenters. The summed E-state index contributed by atoms with van der Waals surface area (Å²) in [6.07, 6.45) is 0.764. The Kier molecular flexibility index (Phi) is 6.55. The number of aliphatic hydroxyl groups excluding tert-OH is 1. The fourth-order valence-corrected chi connectivity index (χ4v) is 2.07. The minimum atomic E-state index is -4.02. The van der Waals surface area contributed by atoms with Crippen molar-refractivity contribution in [3.8, 4) is 0 Å². The number of hydrogen-bond acceptors (Lipinski definition) is 3. The van der Waals surface area contributed by atoms with E-state index in [1.54, 1.807) is 12.1 Å². The van der Waals surface area contributed by atoms with Crippen LogP contribution in [-0.2, 0) is 16.5 Å². The first-order chi connectivity index (χ1) is 9.82.